The molecule has 0 aromatic heterocycles. The van der Waals surface area contributed by atoms with E-state index in [1.54, 1.807) is 32.8 Å². The van der Waals surface area contributed by atoms with Gasteiger partial charge in [0.2, 0.25) is 29.5 Å². The maximum absolute atomic E-state index is 14.1. The summed E-state index contributed by atoms with van der Waals surface area (Å²) in [6.07, 6.45) is 2.61. The van der Waals surface area contributed by atoms with E-state index in [2.05, 4.69) is 42.5 Å². The number of nitrogens with zero attached hydrogens (tertiary/aromatic N) is 2. The molecule has 0 bridgehead atoms. The van der Waals surface area contributed by atoms with Crippen molar-refractivity contribution in [2.75, 3.05) is 52.6 Å². The summed E-state index contributed by atoms with van der Waals surface area (Å²) < 4.78 is 0. The van der Waals surface area contributed by atoms with Crippen LogP contribution in [0, 0.1) is 10.8 Å². The highest BCUT2D eigenvalue weighted by Crippen LogP contribution is 2.28. The van der Waals surface area contributed by atoms with Crippen LogP contribution >= 0.6 is 0 Å². The van der Waals surface area contributed by atoms with Crippen molar-refractivity contribution in [3.63, 3.8) is 0 Å². The van der Waals surface area contributed by atoms with E-state index >= 15 is 0 Å². The molecule has 5 rings (SSSR count). The van der Waals surface area contributed by atoms with Gasteiger partial charge in [-0.1, -0.05) is 102 Å². The molecule has 0 aliphatic carbocycles. The molecular formula is C54H79N11O7. The summed E-state index contributed by atoms with van der Waals surface area (Å²) in [7, 11) is 3.37. The number of likely N-dealkylation sites (tertiary alicyclic amines) is 2. The molecular weight excluding hydrogens is 915 g/mol. The summed E-state index contributed by atoms with van der Waals surface area (Å²) in [5.41, 5.74) is 7.29. The fourth-order valence-electron chi connectivity index (χ4n) is 9.05. The van der Waals surface area contributed by atoms with Crippen LogP contribution in [0.25, 0.3) is 0 Å². The van der Waals surface area contributed by atoms with E-state index in [0.29, 0.717) is 32.5 Å². The van der Waals surface area contributed by atoms with Crippen LogP contribution < -0.4 is 48.3 Å². The molecule has 2 aliphatic rings. The monoisotopic (exact) mass is 994 g/mol. The maximum atomic E-state index is 14.1. The van der Waals surface area contributed by atoms with E-state index in [-0.39, 0.29) is 71.5 Å². The van der Waals surface area contributed by atoms with Crippen molar-refractivity contribution in [3.8, 4) is 0 Å². The first-order chi connectivity index (χ1) is 34.0. The third-order valence-electron chi connectivity index (χ3n) is 13.7. The number of hydrogen-bond donors (Lipinski definition) is 9. The molecule has 10 N–H and O–H groups in total. The molecule has 2 saturated heterocycles. The van der Waals surface area contributed by atoms with Gasteiger partial charge in [-0.05, 0) is 93.8 Å². The second-order valence-corrected chi connectivity index (χ2v) is 21.3. The summed E-state index contributed by atoms with van der Waals surface area (Å²) in [6.45, 7) is 16.4. The molecule has 2 aliphatic heterocycles. The van der Waals surface area contributed by atoms with Crippen LogP contribution in [-0.4, -0.2) is 134 Å². The van der Waals surface area contributed by atoms with Crippen molar-refractivity contribution in [1.29, 1.82) is 0 Å². The van der Waals surface area contributed by atoms with Crippen molar-refractivity contribution in [1.82, 2.24) is 52.3 Å². The number of amides is 7. The summed E-state index contributed by atoms with van der Waals surface area (Å²) in [5.74, 6) is -2.40. The highest BCUT2D eigenvalue weighted by atomic mass is 16.2. The Morgan fingerprint density at radius 1 is 0.611 bits per heavy atom. The lowest BCUT2D eigenvalue weighted by molar-refractivity contribution is -0.144. The molecule has 392 valence electrons. The van der Waals surface area contributed by atoms with E-state index in [0.717, 1.165) is 24.0 Å². The Morgan fingerprint density at radius 2 is 1.06 bits per heavy atom. The number of nitrogens with one attached hydrogen (secondary N) is 8. The van der Waals surface area contributed by atoms with E-state index in [1.165, 1.54) is 18.2 Å². The Morgan fingerprint density at radius 3 is 1.54 bits per heavy atom. The topological polar surface area (TPSA) is 248 Å². The summed E-state index contributed by atoms with van der Waals surface area (Å²) in [6, 6.07) is 18.7. The number of likely N-dealkylation sites (N-methyl/N-ethyl adjacent to an activating group) is 2. The summed E-state index contributed by atoms with van der Waals surface area (Å²) >= 11 is 0. The number of benzene rings is 3. The largest absolute Gasteiger partial charge is 0.399 e. The molecule has 0 radical (unpaired) electrons. The fraction of sp³-hybridized carbons (Fsp3) is 0.537. The Hall–Kier alpha value is -6.37. The minimum absolute atomic E-state index is 0.0242. The van der Waals surface area contributed by atoms with Gasteiger partial charge >= 0.3 is 0 Å². The molecule has 18 heteroatoms. The van der Waals surface area contributed by atoms with Gasteiger partial charge < -0.3 is 58.1 Å². The first kappa shape index (κ1) is 56.5. The van der Waals surface area contributed by atoms with Crippen LogP contribution in [0.2, 0.25) is 0 Å². The van der Waals surface area contributed by atoms with Gasteiger partial charge in [0.25, 0.3) is 11.8 Å². The van der Waals surface area contributed by atoms with Crippen LogP contribution in [0.1, 0.15) is 125 Å². The molecule has 8 atom stereocenters. The minimum Gasteiger partial charge on any atom is -0.399 e. The quantitative estimate of drug-likeness (QED) is 0.0702. The first-order valence-corrected chi connectivity index (χ1v) is 25.2. The maximum Gasteiger partial charge on any atom is 0.251 e. The summed E-state index contributed by atoms with van der Waals surface area (Å²) in [5, 5.41) is 24.3. The van der Waals surface area contributed by atoms with Crippen LogP contribution in [0.4, 0.5) is 5.69 Å². The molecule has 2 heterocycles. The van der Waals surface area contributed by atoms with Gasteiger partial charge in [0.05, 0.1) is 18.1 Å². The Balaban J connectivity index is 1.25. The Labute approximate surface area is 425 Å². The standard InChI is InChI=1S/C54H79N11O7/c1-33(56-9)46(66)62-44(53(3,4)5)51(71)64-25-17-23-40(64)30-58-41(35-19-13-11-14-20-35)31-59-48(68)37-27-38(29-39(55)28-37)49(69)60-32-42(36-21-15-12-16-22-36)61-50(70)43-24-18-26-65(43)52(72)45(54(6,7)8)63-47(67)34(2)57-10/h11-16,19-22,27-29,33-34,40-45,56-58H,17-18,23-26,30-32,55H2,1-10H3,(H,59,68)(H,60,69)(H,61,70)(H,62,66)(H,63,67)/t33-,34-,40?,41+,42+,43?,44+,45+/m0/s1. The van der Waals surface area contributed by atoms with Crippen molar-refractivity contribution in [3.05, 3.63) is 101 Å². The lowest BCUT2D eigenvalue weighted by Gasteiger charge is -2.36. The SMILES string of the molecule is CN[C@@H](C)C(=O)N[C@H](C(=O)N1CCCC1CN[C@H](CNC(=O)c1cc(N)cc(C(=O)NC[C@@H](NC(=O)C2CCCN2C(=O)[C@@H](NC(=O)[C@H](C)NC)C(C)(C)C)c2ccccc2)c1)c1ccccc1)C(C)(C)C. The lowest BCUT2D eigenvalue weighted by atomic mass is 9.85. The van der Waals surface area contributed by atoms with E-state index < -0.39 is 58.9 Å². The molecule has 7 amide bonds. The van der Waals surface area contributed by atoms with E-state index in [4.69, 9.17) is 5.73 Å². The average Bonchev–Trinajstić information content (AvgIpc) is 4.05. The van der Waals surface area contributed by atoms with Crippen LogP contribution in [-0.2, 0) is 24.0 Å². The lowest BCUT2D eigenvalue weighted by Crippen LogP contribution is -2.59. The molecule has 3 aromatic rings. The van der Waals surface area contributed by atoms with Crippen molar-refractivity contribution in [2.24, 2.45) is 10.8 Å². The number of carbonyl (C=O) groups is 7. The smallest absolute Gasteiger partial charge is 0.251 e. The second kappa shape index (κ2) is 25.3. The molecule has 2 fully saturated rings. The van der Waals surface area contributed by atoms with Crippen LogP contribution in [0.15, 0.2) is 78.9 Å². The van der Waals surface area contributed by atoms with Crippen molar-refractivity contribution in [2.45, 2.75) is 129 Å². The normalized spacial score (nSPS) is 18.5. The van der Waals surface area contributed by atoms with Gasteiger partial charge in [0.15, 0.2) is 0 Å². The number of rotatable bonds is 21. The van der Waals surface area contributed by atoms with Gasteiger partial charge in [-0.15, -0.1) is 0 Å². The molecule has 72 heavy (non-hydrogen) atoms. The molecule has 3 aromatic carbocycles. The molecule has 0 saturated carbocycles. The zero-order chi connectivity index (χ0) is 52.9. The number of carbonyl (C=O) groups excluding carboxylic acids is 7. The highest BCUT2D eigenvalue weighted by molar-refractivity contribution is 6.01. The zero-order valence-corrected chi connectivity index (χ0v) is 43.8. The zero-order valence-electron chi connectivity index (χ0n) is 43.8. The molecule has 2 unspecified atom stereocenters. The predicted molar refractivity (Wildman–Crippen MR) is 279 cm³/mol. The summed E-state index contributed by atoms with van der Waals surface area (Å²) in [4.78, 5) is 99.4. The fourth-order valence-corrected chi connectivity index (χ4v) is 9.05. The second-order valence-electron chi connectivity index (χ2n) is 21.3. The van der Waals surface area contributed by atoms with E-state index in [1.807, 2.05) is 107 Å². The molecule has 18 nitrogen and oxygen atoms in total. The third-order valence-corrected chi connectivity index (χ3v) is 13.7. The van der Waals surface area contributed by atoms with Crippen LogP contribution in [0.5, 0.6) is 0 Å². The molecule has 0 spiro atoms. The number of nitrogen functional groups attached to an aromatic ring is 1. The van der Waals surface area contributed by atoms with Gasteiger partial charge in [-0.25, -0.2) is 0 Å². The van der Waals surface area contributed by atoms with Gasteiger partial charge in [0, 0.05) is 61.6 Å². The Kier molecular flexibility index (Phi) is 19.9. The first-order valence-electron chi connectivity index (χ1n) is 25.2. The van der Waals surface area contributed by atoms with Crippen LogP contribution in [0.3, 0.4) is 0 Å². The van der Waals surface area contributed by atoms with Gasteiger partial charge in [-0.2, -0.15) is 0 Å². The average molecular weight is 994 g/mol. The van der Waals surface area contributed by atoms with Crippen molar-refractivity contribution >= 4 is 47.0 Å². The number of anilines is 1. The predicted octanol–water partition coefficient (Wildman–Crippen LogP) is 3.18. The highest BCUT2D eigenvalue weighted by Gasteiger charge is 2.43. The van der Waals surface area contributed by atoms with E-state index in [9.17, 15) is 33.6 Å². The minimum atomic E-state index is -0.875. The van der Waals surface area contributed by atoms with Crippen molar-refractivity contribution < 1.29 is 33.6 Å². The third kappa shape index (κ3) is 15.1. The van der Waals surface area contributed by atoms with Gasteiger partial charge in [0.1, 0.15) is 18.1 Å². The number of nitrogens with two attached hydrogens (primary N) is 1. The van der Waals surface area contributed by atoms with Gasteiger partial charge in [-0.3, -0.25) is 33.6 Å². The number of hydrogen-bond acceptors (Lipinski definition) is 11. The Bertz CT molecular complexity index is 2350.